The molecule has 0 radical (unpaired) electrons. The van der Waals surface area contributed by atoms with E-state index in [9.17, 15) is 9.59 Å². The summed E-state index contributed by atoms with van der Waals surface area (Å²) in [6, 6.07) is 7.55. The van der Waals surface area contributed by atoms with E-state index in [2.05, 4.69) is 15.5 Å². The molecule has 25 heavy (non-hydrogen) atoms. The van der Waals surface area contributed by atoms with Crippen molar-refractivity contribution in [3.05, 3.63) is 24.3 Å². The summed E-state index contributed by atoms with van der Waals surface area (Å²) in [7, 11) is 1.48. The minimum absolute atomic E-state index is 0.0195. The Bertz CT molecular complexity index is 599. The van der Waals surface area contributed by atoms with Gasteiger partial charge in [-0.1, -0.05) is 0 Å². The van der Waals surface area contributed by atoms with E-state index in [-0.39, 0.29) is 18.5 Å². The number of amides is 3. The van der Waals surface area contributed by atoms with Gasteiger partial charge in [0.2, 0.25) is 5.91 Å². The Morgan fingerprint density at radius 1 is 1.08 bits per heavy atom. The molecule has 1 atom stereocenters. The predicted octanol–water partition coefficient (Wildman–Crippen LogP) is 1.97. The number of likely N-dealkylation sites (tertiary alicyclic amines) is 2. The van der Waals surface area contributed by atoms with Crippen molar-refractivity contribution in [2.45, 2.75) is 25.3 Å². The van der Waals surface area contributed by atoms with Crippen LogP contribution in [-0.2, 0) is 9.53 Å². The number of nitrogens with one attached hydrogen (secondary N) is 2. The number of nitrogens with zero attached hydrogens (tertiary/aromatic N) is 2. The zero-order chi connectivity index (χ0) is 17.6. The fourth-order valence-corrected chi connectivity index (χ4v) is 3.50. The molecular weight excluding hydrogens is 320 g/mol. The Hall–Kier alpha value is -2.12. The Morgan fingerprint density at radius 2 is 1.72 bits per heavy atom. The van der Waals surface area contributed by atoms with E-state index >= 15 is 0 Å². The average Bonchev–Trinajstić information content (AvgIpc) is 3.28. The number of anilines is 2. The van der Waals surface area contributed by atoms with Crippen molar-refractivity contribution in [2.75, 3.05) is 50.5 Å². The van der Waals surface area contributed by atoms with Gasteiger partial charge in [0.05, 0.1) is 0 Å². The van der Waals surface area contributed by atoms with Crippen molar-refractivity contribution in [3.8, 4) is 0 Å². The van der Waals surface area contributed by atoms with Gasteiger partial charge in [-0.2, -0.15) is 0 Å². The highest BCUT2D eigenvalue weighted by Crippen LogP contribution is 2.21. The SMILES string of the molecule is COCC(=O)Nc1ccc(NC(=O)N2CC[C@@H](N3CCCC3)C2)cc1. The van der Waals surface area contributed by atoms with E-state index in [0.29, 0.717) is 11.7 Å². The first-order valence-electron chi connectivity index (χ1n) is 8.84. The first-order valence-corrected chi connectivity index (χ1v) is 8.84. The first kappa shape index (κ1) is 17.7. The summed E-state index contributed by atoms with van der Waals surface area (Å²) in [4.78, 5) is 28.3. The molecule has 1 aromatic rings. The van der Waals surface area contributed by atoms with E-state index in [1.807, 2.05) is 4.90 Å². The maximum Gasteiger partial charge on any atom is 0.321 e. The van der Waals surface area contributed by atoms with Crippen LogP contribution in [0.4, 0.5) is 16.2 Å². The highest BCUT2D eigenvalue weighted by atomic mass is 16.5. The van der Waals surface area contributed by atoms with E-state index in [0.717, 1.165) is 38.3 Å². The summed E-state index contributed by atoms with van der Waals surface area (Å²) in [6.07, 6.45) is 3.60. The third kappa shape index (κ3) is 4.70. The minimum atomic E-state index is -0.204. The second kappa shape index (κ2) is 8.31. The number of carbonyl (C=O) groups excluding carboxylic acids is 2. The summed E-state index contributed by atoms with van der Waals surface area (Å²) < 4.78 is 4.78. The normalized spacial score (nSPS) is 20.7. The van der Waals surface area contributed by atoms with Crippen LogP contribution in [0.1, 0.15) is 19.3 Å². The van der Waals surface area contributed by atoms with Gasteiger partial charge in [-0.3, -0.25) is 9.69 Å². The highest BCUT2D eigenvalue weighted by Gasteiger charge is 2.31. The third-order valence-electron chi connectivity index (χ3n) is 4.80. The maximum absolute atomic E-state index is 12.4. The molecule has 7 nitrogen and oxygen atoms in total. The van der Waals surface area contributed by atoms with E-state index in [1.165, 1.54) is 20.0 Å². The topological polar surface area (TPSA) is 73.9 Å². The van der Waals surface area contributed by atoms with Gasteiger partial charge < -0.3 is 20.3 Å². The van der Waals surface area contributed by atoms with Crippen LogP contribution >= 0.6 is 0 Å². The number of methoxy groups -OCH3 is 1. The second-order valence-corrected chi connectivity index (χ2v) is 6.62. The molecule has 0 bridgehead atoms. The first-order chi connectivity index (χ1) is 12.2. The number of benzene rings is 1. The molecule has 3 rings (SSSR count). The zero-order valence-corrected chi connectivity index (χ0v) is 14.7. The number of urea groups is 1. The lowest BCUT2D eigenvalue weighted by Crippen LogP contribution is -2.38. The van der Waals surface area contributed by atoms with Crippen molar-refractivity contribution < 1.29 is 14.3 Å². The molecular formula is C18H26N4O3. The summed E-state index contributed by atoms with van der Waals surface area (Å²) in [6.45, 7) is 3.95. The predicted molar refractivity (Wildman–Crippen MR) is 96.8 cm³/mol. The molecule has 136 valence electrons. The molecule has 7 heteroatoms. The summed E-state index contributed by atoms with van der Waals surface area (Å²) >= 11 is 0. The molecule has 2 heterocycles. The number of hydrogen-bond acceptors (Lipinski definition) is 4. The zero-order valence-electron chi connectivity index (χ0n) is 14.7. The number of rotatable bonds is 5. The molecule has 0 aromatic heterocycles. The van der Waals surface area contributed by atoms with Crippen LogP contribution in [-0.4, -0.2) is 67.7 Å². The molecule has 0 saturated carbocycles. The number of carbonyl (C=O) groups is 2. The van der Waals surface area contributed by atoms with Crippen LogP contribution in [0.15, 0.2) is 24.3 Å². The van der Waals surface area contributed by atoms with E-state index < -0.39 is 0 Å². The van der Waals surface area contributed by atoms with Gasteiger partial charge in [0.1, 0.15) is 6.61 Å². The van der Waals surface area contributed by atoms with Crippen LogP contribution < -0.4 is 10.6 Å². The van der Waals surface area contributed by atoms with Crippen LogP contribution in [0.3, 0.4) is 0 Å². The van der Waals surface area contributed by atoms with Crippen molar-refractivity contribution in [1.29, 1.82) is 0 Å². The van der Waals surface area contributed by atoms with E-state index in [1.54, 1.807) is 24.3 Å². The maximum atomic E-state index is 12.4. The van der Waals surface area contributed by atoms with Gasteiger partial charge >= 0.3 is 6.03 Å². The average molecular weight is 346 g/mol. The van der Waals surface area contributed by atoms with E-state index in [4.69, 9.17) is 4.74 Å². The molecule has 2 saturated heterocycles. The molecule has 2 fully saturated rings. The fraction of sp³-hybridized carbons (Fsp3) is 0.556. The van der Waals surface area contributed by atoms with Gasteiger partial charge in [0.15, 0.2) is 0 Å². The van der Waals surface area contributed by atoms with Crippen LogP contribution in [0.25, 0.3) is 0 Å². The largest absolute Gasteiger partial charge is 0.375 e. The van der Waals surface area contributed by atoms with Crippen LogP contribution in [0, 0.1) is 0 Å². The lowest BCUT2D eigenvalue weighted by atomic mass is 10.2. The summed E-state index contributed by atoms with van der Waals surface area (Å²) in [5.41, 5.74) is 1.40. The lowest BCUT2D eigenvalue weighted by Gasteiger charge is -2.23. The fourth-order valence-electron chi connectivity index (χ4n) is 3.50. The second-order valence-electron chi connectivity index (χ2n) is 6.62. The molecule has 3 amide bonds. The Labute approximate surface area is 148 Å². The monoisotopic (exact) mass is 346 g/mol. The van der Waals surface area contributed by atoms with Gasteiger partial charge in [0.25, 0.3) is 0 Å². The Morgan fingerprint density at radius 3 is 2.36 bits per heavy atom. The standard InChI is InChI=1S/C18H26N4O3/c1-25-13-17(23)19-14-4-6-15(7-5-14)20-18(24)22-11-8-16(12-22)21-9-2-3-10-21/h4-7,16H,2-3,8-13H2,1H3,(H,19,23)(H,20,24)/t16-/m1/s1. The van der Waals surface area contributed by atoms with Crippen molar-refractivity contribution >= 4 is 23.3 Å². The van der Waals surface area contributed by atoms with Crippen LogP contribution in [0.2, 0.25) is 0 Å². The number of hydrogen-bond donors (Lipinski definition) is 2. The van der Waals surface area contributed by atoms with Crippen LogP contribution in [0.5, 0.6) is 0 Å². The third-order valence-corrected chi connectivity index (χ3v) is 4.80. The molecule has 0 unspecified atom stereocenters. The Kier molecular flexibility index (Phi) is 5.88. The molecule has 2 N–H and O–H groups in total. The molecule has 2 aliphatic rings. The van der Waals surface area contributed by atoms with Crippen molar-refractivity contribution in [2.24, 2.45) is 0 Å². The highest BCUT2D eigenvalue weighted by molar-refractivity contribution is 5.93. The molecule has 2 aliphatic heterocycles. The smallest absolute Gasteiger partial charge is 0.321 e. The van der Waals surface area contributed by atoms with Gasteiger partial charge in [-0.15, -0.1) is 0 Å². The molecule has 0 aliphatic carbocycles. The number of ether oxygens (including phenoxy) is 1. The summed E-state index contributed by atoms with van der Waals surface area (Å²) in [5, 5.41) is 5.65. The van der Waals surface area contributed by atoms with Gasteiger partial charge in [-0.25, -0.2) is 4.79 Å². The minimum Gasteiger partial charge on any atom is -0.375 e. The van der Waals surface area contributed by atoms with Gasteiger partial charge in [-0.05, 0) is 56.6 Å². The summed E-state index contributed by atoms with van der Waals surface area (Å²) in [5.74, 6) is -0.204. The Balaban J connectivity index is 1.48. The van der Waals surface area contributed by atoms with Crippen molar-refractivity contribution in [3.63, 3.8) is 0 Å². The quantitative estimate of drug-likeness (QED) is 0.855. The van der Waals surface area contributed by atoms with Crippen molar-refractivity contribution in [1.82, 2.24) is 9.80 Å². The lowest BCUT2D eigenvalue weighted by molar-refractivity contribution is -0.119. The molecule has 0 spiro atoms. The van der Waals surface area contributed by atoms with Gasteiger partial charge in [0, 0.05) is 37.6 Å². The molecule has 1 aromatic carbocycles.